The van der Waals surface area contributed by atoms with Crippen molar-refractivity contribution < 1.29 is 8.42 Å². The van der Waals surface area contributed by atoms with E-state index in [2.05, 4.69) is 16.8 Å². The summed E-state index contributed by atoms with van der Waals surface area (Å²) < 4.78 is 28.9. The van der Waals surface area contributed by atoms with Crippen LogP contribution in [-0.4, -0.2) is 58.9 Å². The van der Waals surface area contributed by atoms with Crippen LogP contribution < -0.4 is 0 Å². The zero-order chi connectivity index (χ0) is 14.3. The molecule has 3 rings (SSSR count). The minimum Gasteiger partial charge on any atom is -0.339 e. The van der Waals surface area contributed by atoms with Crippen LogP contribution in [-0.2, 0) is 17.1 Å². The Kier molecular flexibility index (Phi) is 3.60. The molecule has 0 radical (unpaired) electrons. The van der Waals surface area contributed by atoms with Crippen molar-refractivity contribution in [2.24, 2.45) is 7.05 Å². The first-order valence-electron chi connectivity index (χ1n) is 7.26. The van der Waals surface area contributed by atoms with E-state index in [-0.39, 0.29) is 11.1 Å². The number of hydrogen-bond acceptors (Lipinski definition) is 4. The Morgan fingerprint density at radius 1 is 1.40 bits per heavy atom. The monoisotopic (exact) mass is 298 g/mol. The maximum atomic E-state index is 12.8. The molecular weight excluding hydrogens is 276 g/mol. The molecule has 0 N–H and O–H groups in total. The summed E-state index contributed by atoms with van der Waals surface area (Å²) in [6, 6.07) is 0.452. The molecule has 2 atom stereocenters. The van der Waals surface area contributed by atoms with Gasteiger partial charge in [-0.25, -0.2) is 13.4 Å². The first kappa shape index (κ1) is 14.0. The molecule has 2 aliphatic heterocycles. The molecule has 0 amide bonds. The molecule has 3 heterocycles. The number of aryl methyl sites for hydroxylation is 1. The lowest BCUT2D eigenvalue weighted by Gasteiger charge is -2.42. The van der Waals surface area contributed by atoms with E-state index in [9.17, 15) is 8.42 Å². The predicted molar refractivity (Wildman–Crippen MR) is 75.8 cm³/mol. The van der Waals surface area contributed by atoms with Crippen LogP contribution in [0.4, 0.5) is 0 Å². The number of nitrogens with zero attached hydrogens (tertiary/aromatic N) is 4. The third-order valence-corrected chi connectivity index (χ3v) is 6.27. The molecule has 0 aromatic carbocycles. The average molecular weight is 298 g/mol. The minimum atomic E-state index is -3.47. The van der Waals surface area contributed by atoms with Crippen LogP contribution in [0.5, 0.6) is 0 Å². The fourth-order valence-corrected chi connectivity index (χ4v) is 5.03. The Balaban J connectivity index is 1.90. The van der Waals surface area contributed by atoms with Gasteiger partial charge in [0.15, 0.2) is 5.03 Å². The van der Waals surface area contributed by atoms with Crippen LogP contribution >= 0.6 is 0 Å². The number of piperazine rings is 1. The summed E-state index contributed by atoms with van der Waals surface area (Å²) in [4.78, 5) is 6.48. The molecule has 2 fully saturated rings. The second-order valence-corrected chi connectivity index (χ2v) is 7.64. The molecule has 0 saturated carbocycles. The Morgan fingerprint density at radius 2 is 2.20 bits per heavy atom. The lowest BCUT2D eigenvalue weighted by atomic mass is 10.1. The van der Waals surface area contributed by atoms with E-state index in [4.69, 9.17) is 0 Å². The van der Waals surface area contributed by atoms with Gasteiger partial charge in [-0.05, 0) is 25.8 Å². The van der Waals surface area contributed by atoms with E-state index in [0.717, 1.165) is 25.9 Å². The molecule has 0 bridgehead atoms. The largest absolute Gasteiger partial charge is 0.339 e. The Bertz CT molecular complexity index is 583. The van der Waals surface area contributed by atoms with Crippen molar-refractivity contribution in [3.63, 3.8) is 0 Å². The summed E-state index contributed by atoms with van der Waals surface area (Å²) >= 11 is 0. The number of rotatable bonds is 3. The van der Waals surface area contributed by atoms with Gasteiger partial charge in [0.05, 0.1) is 6.33 Å². The quantitative estimate of drug-likeness (QED) is 0.823. The molecule has 2 saturated heterocycles. The van der Waals surface area contributed by atoms with Crippen LogP contribution in [0.3, 0.4) is 0 Å². The summed E-state index contributed by atoms with van der Waals surface area (Å²) in [6.45, 7) is 4.63. The van der Waals surface area contributed by atoms with Crippen LogP contribution in [0.15, 0.2) is 17.6 Å². The van der Waals surface area contributed by atoms with Crippen LogP contribution in [0.25, 0.3) is 0 Å². The van der Waals surface area contributed by atoms with Gasteiger partial charge in [-0.2, -0.15) is 4.31 Å². The second-order valence-electron chi connectivity index (χ2n) is 5.81. The number of imidazole rings is 1. The second kappa shape index (κ2) is 5.13. The first-order valence-corrected chi connectivity index (χ1v) is 8.70. The lowest BCUT2D eigenvalue weighted by Crippen LogP contribution is -2.57. The zero-order valence-corrected chi connectivity index (χ0v) is 12.9. The molecule has 2 aliphatic rings. The Morgan fingerprint density at radius 3 is 2.85 bits per heavy atom. The third kappa shape index (κ3) is 2.27. The maximum Gasteiger partial charge on any atom is 0.262 e. The van der Waals surface area contributed by atoms with Gasteiger partial charge in [-0.15, -0.1) is 0 Å². The van der Waals surface area contributed by atoms with Crippen LogP contribution in [0.1, 0.15) is 26.2 Å². The fraction of sp³-hybridized carbons (Fsp3) is 0.769. The Hall–Kier alpha value is -0.920. The molecule has 20 heavy (non-hydrogen) atoms. The lowest BCUT2D eigenvalue weighted by molar-refractivity contribution is 0.106. The van der Waals surface area contributed by atoms with Gasteiger partial charge in [0, 0.05) is 38.4 Å². The highest BCUT2D eigenvalue weighted by molar-refractivity contribution is 7.89. The third-order valence-electron chi connectivity index (χ3n) is 4.47. The maximum absolute atomic E-state index is 12.8. The number of aromatic nitrogens is 2. The van der Waals surface area contributed by atoms with Crippen molar-refractivity contribution in [1.82, 2.24) is 18.8 Å². The SMILES string of the molecule is CC[C@@H]1CN2CCC[C@H]2CN1S(=O)(=O)c1cn(C)cn1. The number of hydrogen-bond donors (Lipinski definition) is 0. The highest BCUT2D eigenvalue weighted by Crippen LogP contribution is 2.29. The molecule has 6 nitrogen and oxygen atoms in total. The van der Waals surface area contributed by atoms with E-state index in [1.54, 1.807) is 28.4 Å². The molecule has 0 aliphatic carbocycles. The smallest absolute Gasteiger partial charge is 0.262 e. The van der Waals surface area contributed by atoms with Crippen molar-refractivity contribution in [3.05, 3.63) is 12.5 Å². The summed E-state index contributed by atoms with van der Waals surface area (Å²) in [5.74, 6) is 0. The molecule has 0 unspecified atom stereocenters. The summed E-state index contributed by atoms with van der Waals surface area (Å²) in [6.07, 6.45) is 6.25. The zero-order valence-electron chi connectivity index (χ0n) is 12.1. The van der Waals surface area contributed by atoms with Gasteiger partial charge in [0.2, 0.25) is 0 Å². The van der Waals surface area contributed by atoms with Gasteiger partial charge in [-0.1, -0.05) is 6.92 Å². The van der Waals surface area contributed by atoms with Gasteiger partial charge in [-0.3, -0.25) is 4.90 Å². The highest BCUT2D eigenvalue weighted by atomic mass is 32.2. The van der Waals surface area contributed by atoms with Crippen molar-refractivity contribution in [2.75, 3.05) is 19.6 Å². The van der Waals surface area contributed by atoms with E-state index in [1.807, 2.05) is 0 Å². The summed E-state index contributed by atoms with van der Waals surface area (Å²) in [5, 5.41) is 0.171. The van der Waals surface area contributed by atoms with Crippen LogP contribution in [0.2, 0.25) is 0 Å². The summed E-state index contributed by atoms with van der Waals surface area (Å²) in [7, 11) is -1.68. The number of sulfonamides is 1. The fourth-order valence-electron chi connectivity index (χ4n) is 3.33. The molecule has 0 spiro atoms. The number of fused-ring (bicyclic) bond motifs is 1. The van der Waals surface area contributed by atoms with Crippen molar-refractivity contribution >= 4 is 10.0 Å². The topological polar surface area (TPSA) is 58.4 Å². The standard InChI is InChI=1S/C13H22N4O2S/c1-3-11-7-16-6-4-5-12(16)8-17(11)20(18,19)13-9-15(2)10-14-13/h9-12H,3-8H2,1-2H3/t11-,12+/m1/s1. The highest BCUT2D eigenvalue weighted by Gasteiger charge is 2.41. The Labute approximate surface area is 120 Å². The van der Waals surface area contributed by atoms with E-state index < -0.39 is 10.0 Å². The van der Waals surface area contributed by atoms with Crippen molar-refractivity contribution in [2.45, 2.75) is 43.3 Å². The van der Waals surface area contributed by atoms with Gasteiger partial charge >= 0.3 is 0 Å². The first-order chi connectivity index (χ1) is 9.52. The van der Waals surface area contributed by atoms with Gasteiger partial charge in [0.1, 0.15) is 0 Å². The van der Waals surface area contributed by atoms with E-state index in [1.165, 1.54) is 6.42 Å². The predicted octanol–water partition coefficient (Wildman–Crippen LogP) is 0.667. The molecule has 1 aromatic heterocycles. The molecule has 1 aromatic rings. The summed E-state index contributed by atoms with van der Waals surface area (Å²) in [5.41, 5.74) is 0. The van der Waals surface area contributed by atoms with Gasteiger partial charge in [0.25, 0.3) is 10.0 Å². The normalized spacial score (nSPS) is 28.7. The van der Waals surface area contributed by atoms with Crippen molar-refractivity contribution in [1.29, 1.82) is 0 Å². The van der Waals surface area contributed by atoms with Crippen LogP contribution in [0, 0.1) is 0 Å². The molecule has 7 heteroatoms. The van der Waals surface area contributed by atoms with E-state index in [0.29, 0.717) is 12.6 Å². The molecular formula is C13H22N4O2S. The van der Waals surface area contributed by atoms with Gasteiger partial charge < -0.3 is 4.57 Å². The van der Waals surface area contributed by atoms with Crippen molar-refractivity contribution in [3.8, 4) is 0 Å². The minimum absolute atomic E-state index is 0.0661. The van der Waals surface area contributed by atoms with E-state index >= 15 is 0 Å². The molecule has 112 valence electrons. The average Bonchev–Trinajstić information content (AvgIpc) is 3.05.